The summed E-state index contributed by atoms with van der Waals surface area (Å²) < 4.78 is 23.8. The first-order valence-corrected chi connectivity index (χ1v) is 37.9. The van der Waals surface area contributed by atoms with Crippen molar-refractivity contribution in [3.05, 3.63) is 36.5 Å². The van der Waals surface area contributed by atoms with Gasteiger partial charge in [0.1, 0.15) is 13.2 Å². The van der Waals surface area contributed by atoms with Gasteiger partial charge in [-0.3, -0.25) is 13.8 Å². The minimum Gasteiger partial charge on any atom is -0.387 e. The number of carbonyl (C=O) groups excluding carboxylic acids is 1. The van der Waals surface area contributed by atoms with Crippen molar-refractivity contribution in [1.82, 2.24) is 5.32 Å². The number of aliphatic hydroxyl groups excluding tert-OH is 1. The number of aliphatic hydroxyl groups is 1. The molecule has 0 radical (unpaired) electrons. The van der Waals surface area contributed by atoms with Crippen molar-refractivity contribution in [2.24, 2.45) is 0 Å². The summed E-state index contributed by atoms with van der Waals surface area (Å²) >= 11 is 0. The summed E-state index contributed by atoms with van der Waals surface area (Å²) in [4.78, 5) is 23.4. The Hall–Kier alpha value is -1.28. The van der Waals surface area contributed by atoms with Crippen LogP contribution in [0.3, 0.4) is 0 Å². The van der Waals surface area contributed by atoms with E-state index < -0.39 is 20.0 Å². The van der Waals surface area contributed by atoms with Crippen LogP contribution >= 0.6 is 7.82 Å². The second kappa shape index (κ2) is 64.2. The molecular weight excluding hydrogens is 1030 g/mol. The van der Waals surface area contributed by atoms with Crippen LogP contribution in [-0.4, -0.2) is 73.4 Å². The molecule has 0 rings (SSSR count). The molecule has 0 aliphatic rings. The maximum Gasteiger partial charge on any atom is 0.472 e. The molecule has 9 heteroatoms. The first kappa shape index (κ1) is 80.7. The molecule has 0 aliphatic carbocycles. The molecule has 0 spiro atoms. The average molecular weight is 1180 g/mol. The van der Waals surface area contributed by atoms with Crippen LogP contribution in [0.15, 0.2) is 36.5 Å². The van der Waals surface area contributed by atoms with Gasteiger partial charge in [0.2, 0.25) is 5.91 Å². The van der Waals surface area contributed by atoms with Gasteiger partial charge < -0.3 is 19.8 Å². The third kappa shape index (κ3) is 66.2. The van der Waals surface area contributed by atoms with Crippen molar-refractivity contribution < 1.29 is 32.9 Å². The van der Waals surface area contributed by atoms with E-state index >= 15 is 0 Å². The van der Waals surface area contributed by atoms with Gasteiger partial charge in [-0.25, -0.2) is 4.57 Å². The standard InChI is InChI=1S/C73H143N2O6P/c1-6-8-10-12-14-16-18-20-22-24-26-28-29-30-31-32-33-34-35-36-37-38-39-40-41-42-43-44-45-47-49-51-53-55-57-59-61-63-65-67-73(77)74-71(70-81-82(78,79)80-69-68-75(3,4)5)72(76)66-64-62-60-58-56-54-52-50-48-46-27-25-23-21-19-17-15-13-11-9-7-2/h33-34,36-37,64,66,71-72,76H,6-32,35,38-63,65,67-70H2,1-5H3,(H-,74,77,78,79)/p+1/b34-33-,37-36-,66-64+. The number of hydrogen-bond donors (Lipinski definition) is 3. The molecule has 0 saturated heterocycles. The lowest BCUT2D eigenvalue weighted by molar-refractivity contribution is -0.870. The van der Waals surface area contributed by atoms with Crippen LogP contribution in [0.2, 0.25) is 0 Å². The number of amides is 1. The van der Waals surface area contributed by atoms with Crippen LogP contribution in [0.5, 0.6) is 0 Å². The Kier molecular flexibility index (Phi) is 63.2. The Bertz CT molecular complexity index is 1430. The zero-order valence-electron chi connectivity index (χ0n) is 55.8. The number of quaternary nitrogens is 1. The van der Waals surface area contributed by atoms with Gasteiger partial charge >= 0.3 is 7.82 Å². The predicted molar refractivity (Wildman–Crippen MR) is 360 cm³/mol. The highest BCUT2D eigenvalue weighted by atomic mass is 31.2. The molecule has 0 aromatic rings. The van der Waals surface area contributed by atoms with E-state index in [1.54, 1.807) is 6.08 Å². The van der Waals surface area contributed by atoms with E-state index in [2.05, 4.69) is 43.5 Å². The molecular formula is C73H144N2O6P+. The molecule has 8 nitrogen and oxygen atoms in total. The molecule has 0 aromatic heterocycles. The number of unbranched alkanes of at least 4 members (excludes halogenated alkanes) is 51. The van der Waals surface area contributed by atoms with Crippen molar-refractivity contribution in [3.63, 3.8) is 0 Å². The van der Waals surface area contributed by atoms with Gasteiger partial charge in [-0.1, -0.05) is 352 Å². The number of rotatable bonds is 68. The number of nitrogens with one attached hydrogen (secondary N) is 1. The van der Waals surface area contributed by atoms with Gasteiger partial charge in [0.15, 0.2) is 0 Å². The summed E-state index contributed by atoms with van der Waals surface area (Å²) in [6.45, 7) is 4.88. The number of hydrogen-bond acceptors (Lipinski definition) is 5. The van der Waals surface area contributed by atoms with Crippen molar-refractivity contribution in [2.75, 3.05) is 40.9 Å². The van der Waals surface area contributed by atoms with Crippen LogP contribution in [-0.2, 0) is 18.4 Å². The molecule has 0 aliphatic heterocycles. The van der Waals surface area contributed by atoms with Gasteiger partial charge in [0, 0.05) is 6.42 Å². The lowest BCUT2D eigenvalue weighted by Crippen LogP contribution is -2.45. The molecule has 3 atom stereocenters. The quantitative estimate of drug-likeness (QED) is 0.0243. The van der Waals surface area contributed by atoms with Crippen LogP contribution in [0, 0.1) is 0 Å². The number of carbonyl (C=O) groups is 1. The van der Waals surface area contributed by atoms with E-state index in [0.717, 1.165) is 44.9 Å². The third-order valence-corrected chi connectivity index (χ3v) is 17.8. The molecule has 3 N–H and O–H groups in total. The Morgan fingerprint density at radius 1 is 0.415 bits per heavy atom. The Morgan fingerprint density at radius 3 is 1.00 bits per heavy atom. The van der Waals surface area contributed by atoms with Crippen molar-refractivity contribution in [3.8, 4) is 0 Å². The lowest BCUT2D eigenvalue weighted by Gasteiger charge is -2.25. The molecule has 3 unspecified atom stereocenters. The van der Waals surface area contributed by atoms with Crippen LogP contribution in [0.1, 0.15) is 373 Å². The van der Waals surface area contributed by atoms with E-state index in [1.165, 1.54) is 308 Å². The van der Waals surface area contributed by atoms with Gasteiger partial charge in [-0.2, -0.15) is 0 Å². The topological polar surface area (TPSA) is 105 Å². The fourth-order valence-corrected chi connectivity index (χ4v) is 11.9. The first-order chi connectivity index (χ1) is 40.0. The van der Waals surface area contributed by atoms with Gasteiger partial charge in [-0.15, -0.1) is 0 Å². The SMILES string of the molecule is CCCCCCCCCCCCCCCCC/C=C\C/C=C\CCCCCCCCCCCCCCCCCCCC(=O)NC(COP(=O)(O)OCC[N+](C)(C)C)C(O)/C=C/CCCCCCCCCCCCCCCCCCCCC. The number of likely N-dealkylation sites (N-methyl/N-ethyl adjacent to an activating group) is 1. The van der Waals surface area contributed by atoms with Crippen molar-refractivity contribution in [1.29, 1.82) is 0 Å². The minimum atomic E-state index is -4.35. The highest BCUT2D eigenvalue weighted by molar-refractivity contribution is 7.47. The van der Waals surface area contributed by atoms with Crippen LogP contribution < -0.4 is 5.32 Å². The fraction of sp³-hybridized carbons (Fsp3) is 0.904. The number of phosphoric acid groups is 1. The van der Waals surface area contributed by atoms with E-state index in [4.69, 9.17) is 9.05 Å². The van der Waals surface area contributed by atoms with Gasteiger partial charge in [0.05, 0.1) is 39.9 Å². The molecule has 0 saturated carbocycles. The highest BCUT2D eigenvalue weighted by Crippen LogP contribution is 2.43. The molecule has 486 valence electrons. The first-order valence-electron chi connectivity index (χ1n) is 36.4. The second-order valence-corrected chi connectivity index (χ2v) is 27.8. The molecule has 0 fully saturated rings. The summed E-state index contributed by atoms with van der Waals surface area (Å²) in [5.74, 6) is -0.170. The van der Waals surface area contributed by atoms with Crippen LogP contribution in [0.25, 0.3) is 0 Å². The summed E-state index contributed by atoms with van der Waals surface area (Å²) in [5, 5.41) is 14.0. The molecule has 1 amide bonds. The van der Waals surface area contributed by atoms with Gasteiger partial charge in [0.25, 0.3) is 0 Å². The second-order valence-electron chi connectivity index (χ2n) is 26.3. The van der Waals surface area contributed by atoms with Gasteiger partial charge in [-0.05, 0) is 51.4 Å². The molecule has 0 bridgehead atoms. The average Bonchev–Trinajstić information content (AvgIpc) is 3.46. The minimum absolute atomic E-state index is 0.0632. The van der Waals surface area contributed by atoms with E-state index in [0.29, 0.717) is 17.4 Å². The van der Waals surface area contributed by atoms with Crippen molar-refractivity contribution in [2.45, 2.75) is 386 Å². The maximum atomic E-state index is 13.0. The summed E-state index contributed by atoms with van der Waals surface area (Å²) in [7, 11) is 1.59. The van der Waals surface area contributed by atoms with Crippen molar-refractivity contribution >= 4 is 13.7 Å². The fourth-order valence-electron chi connectivity index (χ4n) is 11.2. The Morgan fingerprint density at radius 2 is 0.695 bits per heavy atom. The number of phosphoric ester groups is 1. The lowest BCUT2D eigenvalue weighted by atomic mass is 10.0. The molecule has 0 heterocycles. The Labute approximate surface area is 512 Å². The Balaban J connectivity index is 3.95. The maximum absolute atomic E-state index is 13.0. The van der Waals surface area contributed by atoms with E-state index in [9.17, 15) is 19.4 Å². The summed E-state index contributed by atoms with van der Waals surface area (Å²) in [5.41, 5.74) is 0. The normalized spacial score (nSPS) is 13.8. The highest BCUT2D eigenvalue weighted by Gasteiger charge is 2.28. The molecule has 0 aromatic carbocycles. The zero-order chi connectivity index (χ0) is 59.8. The zero-order valence-corrected chi connectivity index (χ0v) is 56.7. The van der Waals surface area contributed by atoms with E-state index in [1.807, 2.05) is 27.2 Å². The smallest absolute Gasteiger partial charge is 0.387 e. The molecule has 82 heavy (non-hydrogen) atoms. The third-order valence-electron chi connectivity index (χ3n) is 16.9. The summed E-state index contributed by atoms with van der Waals surface area (Å²) in [6, 6.07) is -0.847. The predicted octanol–water partition coefficient (Wildman–Crippen LogP) is 23.2. The largest absolute Gasteiger partial charge is 0.472 e. The van der Waals surface area contributed by atoms with E-state index in [-0.39, 0.29) is 19.1 Å². The monoisotopic (exact) mass is 1180 g/mol. The summed E-state index contributed by atoms with van der Waals surface area (Å²) in [6.07, 6.45) is 86.0. The van der Waals surface area contributed by atoms with Crippen LogP contribution in [0.4, 0.5) is 0 Å². The number of nitrogens with zero attached hydrogens (tertiary/aromatic N) is 1. The number of allylic oxidation sites excluding steroid dienone is 5.